The molecule has 0 aromatic heterocycles. The van der Waals surface area contributed by atoms with E-state index in [9.17, 15) is 9.59 Å². The van der Waals surface area contributed by atoms with Gasteiger partial charge in [0.15, 0.2) is 0 Å². The van der Waals surface area contributed by atoms with Gasteiger partial charge in [-0.1, -0.05) is 42.5 Å². The molecule has 0 bridgehead atoms. The predicted octanol–water partition coefficient (Wildman–Crippen LogP) is 4.39. The average Bonchev–Trinajstić information content (AvgIpc) is 3.18. The zero-order chi connectivity index (χ0) is 24.7. The molecule has 4 rings (SSSR count). The Kier molecular flexibility index (Phi) is 8.29. The fourth-order valence-corrected chi connectivity index (χ4v) is 5.30. The number of piperidine rings is 1. The first-order valence-electron chi connectivity index (χ1n) is 12.6. The van der Waals surface area contributed by atoms with Crippen LogP contribution in [0.2, 0.25) is 0 Å². The molecule has 2 aromatic carbocycles. The highest BCUT2D eigenvalue weighted by atomic mass is 16.5. The molecule has 188 valence electrons. The minimum Gasteiger partial charge on any atom is -0.497 e. The maximum atomic E-state index is 12.8. The number of hydrogen-bond acceptors (Lipinski definition) is 5. The first kappa shape index (κ1) is 25.0. The quantitative estimate of drug-likeness (QED) is 0.578. The van der Waals surface area contributed by atoms with Gasteiger partial charge in [0.2, 0.25) is 5.91 Å². The molecule has 0 radical (unpaired) electrons. The van der Waals surface area contributed by atoms with Crippen LogP contribution in [-0.2, 0) is 16.1 Å². The van der Waals surface area contributed by atoms with Crippen LogP contribution in [0, 0.1) is 5.41 Å². The number of hydrogen-bond donors (Lipinski definition) is 1. The maximum Gasteiger partial charge on any atom is 0.407 e. The number of benzene rings is 2. The molecule has 7 heteroatoms. The van der Waals surface area contributed by atoms with E-state index in [1.165, 1.54) is 0 Å². The van der Waals surface area contributed by atoms with Gasteiger partial charge in [-0.25, -0.2) is 4.79 Å². The topological polar surface area (TPSA) is 71.1 Å². The molecule has 2 aliphatic rings. The lowest BCUT2D eigenvalue weighted by Crippen LogP contribution is -2.42. The van der Waals surface area contributed by atoms with Gasteiger partial charge in [0.25, 0.3) is 0 Å². The van der Waals surface area contributed by atoms with Crippen molar-refractivity contribution in [2.75, 3.05) is 39.9 Å². The SMILES string of the molecule is CCOC(=O)N[C@@H](CCN1CCC2(CC1)CC(=O)N(Cc1ccc(OC)cc1)C2)c1ccccc1. The molecule has 1 N–H and O–H groups in total. The Hall–Kier alpha value is -3.06. The van der Waals surface area contributed by atoms with Crippen LogP contribution in [0.1, 0.15) is 49.8 Å². The highest BCUT2D eigenvalue weighted by Gasteiger charge is 2.44. The second-order valence-electron chi connectivity index (χ2n) is 9.73. The number of amides is 2. The number of nitrogens with zero attached hydrogens (tertiary/aromatic N) is 2. The normalized spacial score (nSPS) is 18.5. The van der Waals surface area contributed by atoms with E-state index in [1.807, 2.05) is 66.4 Å². The molecule has 35 heavy (non-hydrogen) atoms. The standard InChI is InChI=1S/C28H37N3O4/c1-3-35-27(33)29-25(23-7-5-4-6-8-23)13-16-30-17-14-28(15-18-30)19-26(32)31(21-28)20-22-9-11-24(34-2)12-10-22/h4-12,25H,3,13-21H2,1-2H3,(H,29,33)/t25-/m0/s1. The number of alkyl carbamates (subject to hydrolysis) is 1. The van der Waals surface area contributed by atoms with E-state index in [4.69, 9.17) is 9.47 Å². The van der Waals surface area contributed by atoms with E-state index < -0.39 is 0 Å². The third kappa shape index (κ3) is 6.54. The van der Waals surface area contributed by atoms with Crippen molar-refractivity contribution in [3.8, 4) is 5.75 Å². The van der Waals surface area contributed by atoms with Crippen molar-refractivity contribution < 1.29 is 19.1 Å². The largest absolute Gasteiger partial charge is 0.497 e. The summed E-state index contributed by atoms with van der Waals surface area (Å²) in [5.74, 6) is 1.09. The summed E-state index contributed by atoms with van der Waals surface area (Å²) >= 11 is 0. The molecule has 2 amide bonds. The fourth-order valence-electron chi connectivity index (χ4n) is 5.30. The van der Waals surface area contributed by atoms with Crippen LogP contribution in [0.5, 0.6) is 5.75 Å². The number of rotatable bonds is 9. The lowest BCUT2D eigenvalue weighted by Gasteiger charge is -2.39. The van der Waals surface area contributed by atoms with Crippen molar-refractivity contribution in [2.45, 2.75) is 45.2 Å². The lowest BCUT2D eigenvalue weighted by atomic mass is 9.77. The van der Waals surface area contributed by atoms with Crippen molar-refractivity contribution in [1.82, 2.24) is 15.1 Å². The van der Waals surface area contributed by atoms with Crippen molar-refractivity contribution >= 4 is 12.0 Å². The predicted molar refractivity (Wildman–Crippen MR) is 135 cm³/mol. The first-order chi connectivity index (χ1) is 17.0. The summed E-state index contributed by atoms with van der Waals surface area (Å²) in [5.41, 5.74) is 2.31. The molecule has 2 aromatic rings. The van der Waals surface area contributed by atoms with Crippen LogP contribution in [0.4, 0.5) is 4.79 Å². The summed E-state index contributed by atoms with van der Waals surface area (Å²) < 4.78 is 10.4. The van der Waals surface area contributed by atoms with E-state index in [0.29, 0.717) is 19.6 Å². The number of nitrogens with one attached hydrogen (secondary N) is 1. The van der Waals surface area contributed by atoms with E-state index >= 15 is 0 Å². The molecular formula is C28H37N3O4. The van der Waals surface area contributed by atoms with Gasteiger partial charge >= 0.3 is 6.09 Å². The number of carbonyl (C=O) groups is 2. The summed E-state index contributed by atoms with van der Waals surface area (Å²) in [7, 11) is 1.66. The zero-order valence-corrected chi connectivity index (χ0v) is 20.9. The number of carbonyl (C=O) groups excluding carboxylic acids is 2. The van der Waals surface area contributed by atoms with Crippen LogP contribution in [-0.4, -0.2) is 61.7 Å². The van der Waals surface area contributed by atoms with Crippen LogP contribution < -0.4 is 10.1 Å². The monoisotopic (exact) mass is 479 g/mol. The Morgan fingerprint density at radius 2 is 1.80 bits per heavy atom. The lowest BCUT2D eigenvalue weighted by molar-refractivity contribution is -0.128. The fraction of sp³-hybridized carbons (Fsp3) is 0.500. The van der Waals surface area contributed by atoms with Crippen LogP contribution in [0.3, 0.4) is 0 Å². The molecule has 2 saturated heterocycles. The molecule has 2 heterocycles. The Balaban J connectivity index is 1.29. The smallest absolute Gasteiger partial charge is 0.407 e. The van der Waals surface area contributed by atoms with Crippen molar-refractivity contribution in [1.29, 1.82) is 0 Å². The molecule has 0 saturated carbocycles. The maximum absolute atomic E-state index is 12.8. The molecule has 0 aliphatic carbocycles. The highest BCUT2D eigenvalue weighted by Crippen LogP contribution is 2.41. The molecule has 7 nitrogen and oxygen atoms in total. The van der Waals surface area contributed by atoms with E-state index in [2.05, 4.69) is 10.2 Å². The van der Waals surface area contributed by atoms with Gasteiger partial charge in [-0.15, -0.1) is 0 Å². The van der Waals surface area contributed by atoms with E-state index in [0.717, 1.165) is 62.3 Å². The summed E-state index contributed by atoms with van der Waals surface area (Å²) in [6.07, 6.45) is 3.14. The Bertz CT molecular complexity index is 971. The summed E-state index contributed by atoms with van der Waals surface area (Å²) in [4.78, 5) is 29.4. The van der Waals surface area contributed by atoms with Crippen molar-refractivity contribution in [2.24, 2.45) is 5.41 Å². The third-order valence-electron chi connectivity index (χ3n) is 7.36. The molecular weight excluding hydrogens is 442 g/mol. The van der Waals surface area contributed by atoms with Gasteiger partial charge in [0, 0.05) is 26.1 Å². The average molecular weight is 480 g/mol. The zero-order valence-electron chi connectivity index (χ0n) is 20.9. The number of methoxy groups -OCH3 is 1. The Morgan fingerprint density at radius 1 is 1.09 bits per heavy atom. The molecule has 2 aliphatic heterocycles. The van der Waals surface area contributed by atoms with Gasteiger partial charge in [-0.05, 0) is 68.0 Å². The molecule has 1 atom stereocenters. The Labute approximate surface area is 208 Å². The van der Waals surface area contributed by atoms with Gasteiger partial charge < -0.3 is 24.6 Å². The first-order valence-corrected chi connectivity index (χ1v) is 12.6. The van der Waals surface area contributed by atoms with Gasteiger partial charge in [0.05, 0.1) is 19.8 Å². The second-order valence-corrected chi connectivity index (χ2v) is 9.73. The minimum atomic E-state index is -0.375. The van der Waals surface area contributed by atoms with Gasteiger partial charge in [0.1, 0.15) is 5.75 Å². The van der Waals surface area contributed by atoms with E-state index in [-0.39, 0.29) is 23.5 Å². The van der Waals surface area contributed by atoms with Gasteiger partial charge in [-0.2, -0.15) is 0 Å². The van der Waals surface area contributed by atoms with Gasteiger partial charge in [-0.3, -0.25) is 4.79 Å². The number of likely N-dealkylation sites (tertiary alicyclic amines) is 2. The van der Waals surface area contributed by atoms with Crippen LogP contribution in [0.25, 0.3) is 0 Å². The summed E-state index contributed by atoms with van der Waals surface area (Å²) in [6.45, 7) is 6.51. The van der Waals surface area contributed by atoms with Crippen LogP contribution in [0.15, 0.2) is 54.6 Å². The molecule has 1 spiro atoms. The Morgan fingerprint density at radius 3 is 2.46 bits per heavy atom. The molecule has 0 unspecified atom stereocenters. The molecule has 2 fully saturated rings. The number of ether oxygens (including phenoxy) is 2. The highest BCUT2D eigenvalue weighted by molar-refractivity contribution is 5.79. The van der Waals surface area contributed by atoms with Crippen LogP contribution >= 0.6 is 0 Å². The van der Waals surface area contributed by atoms with Crippen molar-refractivity contribution in [3.63, 3.8) is 0 Å². The van der Waals surface area contributed by atoms with Crippen molar-refractivity contribution in [3.05, 3.63) is 65.7 Å². The third-order valence-corrected chi connectivity index (χ3v) is 7.36. The summed E-state index contributed by atoms with van der Waals surface area (Å²) in [6, 6.07) is 17.9. The minimum absolute atomic E-state index is 0.0841. The summed E-state index contributed by atoms with van der Waals surface area (Å²) in [5, 5.41) is 3.02. The van der Waals surface area contributed by atoms with E-state index in [1.54, 1.807) is 7.11 Å². The second kappa shape index (κ2) is 11.6.